The van der Waals surface area contributed by atoms with Gasteiger partial charge in [-0.05, 0) is 32.6 Å². The lowest BCUT2D eigenvalue weighted by molar-refractivity contribution is -0.134. The van der Waals surface area contributed by atoms with E-state index in [0.717, 1.165) is 0 Å². The number of carbonyl (C=O) groups excluding carboxylic acids is 1. The molecule has 0 aromatic heterocycles. The predicted octanol–water partition coefficient (Wildman–Crippen LogP) is 2.26. The standard InChI is InChI=1S/C10H18ClNO/c1-10(2,7-11)12(3)9(13)6-8-4-5-8/h8H,4-7H2,1-3H3. The molecule has 0 unspecified atom stereocenters. The first kappa shape index (κ1) is 10.8. The molecular formula is C10H18ClNO. The van der Waals surface area contributed by atoms with Gasteiger partial charge in [0.05, 0.1) is 5.54 Å². The Morgan fingerprint density at radius 2 is 2.08 bits per heavy atom. The molecule has 0 radical (unpaired) electrons. The maximum atomic E-state index is 11.7. The Morgan fingerprint density at radius 3 is 2.46 bits per heavy atom. The predicted molar refractivity (Wildman–Crippen MR) is 54.9 cm³/mol. The summed E-state index contributed by atoms with van der Waals surface area (Å²) in [7, 11) is 1.84. The quantitative estimate of drug-likeness (QED) is 0.642. The minimum Gasteiger partial charge on any atom is -0.339 e. The van der Waals surface area contributed by atoms with E-state index in [-0.39, 0.29) is 11.4 Å². The Bertz CT molecular complexity index is 199. The third-order valence-electron chi connectivity index (χ3n) is 2.77. The topological polar surface area (TPSA) is 20.3 Å². The van der Waals surface area contributed by atoms with E-state index in [9.17, 15) is 4.79 Å². The third-order valence-corrected chi connectivity index (χ3v) is 3.42. The van der Waals surface area contributed by atoms with Crippen LogP contribution in [0.3, 0.4) is 0 Å². The van der Waals surface area contributed by atoms with Crippen molar-refractivity contribution < 1.29 is 4.79 Å². The van der Waals surface area contributed by atoms with Crippen LogP contribution in [-0.2, 0) is 4.79 Å². The van der Waals surface area contributed by atoms with E-state index in [2.05, 4.69) is 0 Å². The lowest BCUT2D eigenvalue weighted by Crippen LogP contribution is -2.46. The summed E-state index contributed by atoms with van der Waals surface area (Å²) >= 11 is 5.79. The maximum Gasteiger partial charge on any atom is 0.223 e. The molecule has 1 saturated carbocycles. The summed E-state index contributed by atoms with van der Waals surface area (Å²) in [5.74, 6) is 1.37. The second-order valence-corrected chi connectivity index (χ2v) is 4.81. The molecule has 0 atom stereocenters. The van der Waals surface area contributed by atoms with Gasteiger partial charge in [0.1, 0.15) is 0 Å². The highest BCUT2D eigenvalue weighted by Crippen LogP contribution is 2.33. The van der Waals surface area contributed by atoms with Gasteiger partial charge in [0.15, 0.2) is 0 Å². The van der Waals surface area contributed by atoms with Gasteiger partial charge >= 0.3 is 0 Å². The van der Waals surface area contributed by atoms with Crippen LogP contribution in [-0.4, -0.2) is 29.3 Å². The van der Waals surface area contributed by atoms with Crippen LogP contribution in [0.15, 0.2) is 0 Å². The minimum absolute atomic E-state index is 0.215. The SMILES string of the molecule is CN(C(=O)CC1CC1)C(C)(C)CCl. The van der Waals surface area contributed by atoms with Crippen molar-refractivity contribution in [3.8, 4) is 0 Å². The van der Waals surface area contributed by atoms with E-state index in [1.54, 1.807) is 4.90 Å². The molecule has 1 aliphatic carbocycles. The number of halogens is 1. The first-order chi connectivity index (χ1) is 5.97. The van der Waals surface area contributed by atoms with Crippen molar-refractivity contribution >= 4 is 17.5 Å². The van der Waals surface area contributed by atoms with E-state index < -0.39 is 0 Å². The first-order valence-corrected chi connectivity index (χ1v) is 5.33. The Balaban J connectivity index is 2.44. The molecule has 0 N–H and O–H groups in total. The Labute approximate surface area is 85.2 Å². The number of hydrogen-bond donors (Lipinski definition) is 0. The molecule has 13 heavy (non-hydrogen) atoms. The van der Waals surface area contributed by atoms with Crippen LogP contribution >= 0.6 is 11.6 Å². The summed E-state index contributed by atoms with van der Waals surface area (Å²) in [4.78, 5) is 13.4. The number of alkyl halides is 1. The second kappa shape index (κ2) is 3.87. The van der Waals surface area contributed by atoms with Crippen molar-refractivity contribution in [1.29, 1.82) is 0 Å². The second-order valence-electron chi connectivity index (χ2n) is 4.55. The summed E-state index contributed by atoms with van der Waals surface area (Å²) in [5.41, 5.74) is -0.215. The molecule has 0 aromatic rings. The van der Waals surface area contributed by atoms with E-state index in [4.69, 9.17) is 11.6 Å². The number of hydrogen-bond acceptors (Lipinski definition) is 1. The molecule has 1 aliphatic rings. The number of nitrogens with zero attached hydrogens (tertiary/aromatic N) is 1. The summed E-state index contributed by atoms with van der Waals surface area (Å²) in [6.45, 7) is 3.98. The summed E-state index contributed by atoms with van der Waals surface area (Å²) in [6.07, 6.45) is 3.15. The monoisotopic (exact) mass is 203 g/mol. The summed E-state index contributed by atoms with van der Waals surface area (Å²) < 4.78 is 0. The summed E-state index contributed by atoms with van der Waals surface area (Å²) in [5, 5.41) is 0. The highest BCUT2D eigenvalue weighted by atomic mass is 35.5. The van der Waals surface area contributed by atoms with Crippen LogP contribution in [0.2, 0.25) is 0 Å². The molecule has 0 bridgehead atoms. The van der Waals surface area contributed by atoms with Crippen molar-refractivity contribution in [3.05, 3.63) is 0 Å². The highest BCUT2D eigenvalue weighted by Gasteiger charge is 2.31. The van der Waals surface area contributed by atoms with Gasteiger partial charge in [-0.3, -0.25) is 4.79 Å². The molecule has 0 aromatic carbocycles. The molecule has 0 saturated heterocycles. The summed E-state index contributed by atoms with van der Waals surface area (Å²) in [6, 6.07) is 0. The van der Waals surface area contributed by atoms with Crippen LogP contribution in [0, 0.1) is 5.92 Å². The van der Waals surface area contributed by atoms with Crippen LogP contribution in [0.25, 0.3) is 0 Å². The zero-order valence-corrected chi connectivity index (χ0v) is 9.40. The number of rotatable bonds is 4. The average Bonchev–Trinajstić information content (AvgIpc) is 2.86. The van der Waals surface area contributed by atoms with Crippen LogP contribution in [0.5, 0.6) is 0 Å². The van der Waals surface area contributed by atoms with Gasteiger partial charge in [0.2, 0.25) is 5.91 Å². The van der Waals surface area contributed by atoms with Crippen molar-refractivity contribution in [2.45, 2.75) is 38.6 Å². The molecule has 1 fully saturated rings. The van der Waals surface area contributed by atoms with Gasteiger partial charge in [-0.1, -0.05) is 0 Å². The first-order valence-electron chi connectivity index (χ1n) is 4.80. The smallest absolute Gasteiger partial charge is 0.223 e. The molecule has 2 nitrogen and oxygen atoms in total. The fourth-order valence-electron chi connectivity index (χ4n) is 1.13. The Kier molecular flexibility index (Phi) is 3.23. The zero-order chi connectivity index (χ0) is 10.1. The van der Waals surface area contributed by atoms with E-state index in [1.165, 1.54) is 12.8 Å². The van der Waals surface area contributed by atoms with Crippen LogP contribution in [0.1, 0.15) is 33.1 Å². The van der Waals surface area contributed by atoms with Crippen molar-refractivity contribution in [1.82, 2.24) is 4.90 Å². The lowest BCUT2D eigenvalue weighted by atomic mass is 10.1. The molecule has 0 aliphatic heterocycles. The number of carbonyl (C=O) groups is 1. The Hall–Kier alpha value is -0.240. The largest absolute Gasteiger partial charge is 0.339 e. The Morgan fingerprint density at radius 1 is 1.54 bits per heavy atom. The molecule has 3 heteroatoms. The molecule has 0 heterocycles. The van der Waals surface area contributed by atoms with Gasteiger partial charge in [0, 0.05) is 19.3 Å². The van der Waals surface area contributed by atoms with E-state index >= 15 is 0 Å². The molecule has 0 spiro atoms. The van der Waals surface area contributed by atoms with Gasteiger partial charge in [0.25, 0.3) is 0 Å². The molecule has 1 rings (SSSR count). The van der Waals surface area contributed by atoms with E-state index in [1.807, 2.05) is 20.9 Å². The van der Waals surface area contributed by atoms with Gasteiger partial charge < -0.3 is 4.90 Å². The molecule has 76 valence electrons. The average molecular weight is 204 g/mol. The highest BCUT2D eigenvalue weighted by molar-refractivity contribution is 6.18. The van der Waals surface area contributed by atoms with Gasteiger partial charge in [-0.2, -0.15) is 0 Å². The molecule has 1 amide bonds. The van der Waals surface area contributed by atoms with Gasteiger partial charge in [-0.25, -0.2) is 0 Å². The third kappa shape index (κ3) is 2.87. The van der Waals surface area contributed by atoms with Crippen molar-refractivity contribution in [2.24, 2.45) is 5.92 Å². The lowest BCUT2D eigenvalue weighted by Gasteiger charge is -2.34. The zero-order valence-electron chi connectivity index (χ0n) is 8.64. The normalized spacial score (nSPS) is 17.2. The van der Waals surface area contributed by atoms with Crippen LogP contribution < -0.4 is 0 Å². The van der Waals surface area contributed by atoms with Gasteiger partial charge in [-0.15, -0.1) is 11.6 Å². The minimum atomic E-state index is -0.215. The van der Waals surface area contributed by atoms with E-state index in [0.29, 0.717) is 18.2 Å². The molecular weight excluding hydrogens is 186 g/mol. The fourth-order valence-corrected chi connectivity index (χ4v) is 1.31. The van der Waals surface area contributed by atoms with Crippen molar-refractivity contribution in [2.75, 3.05) is 12.9 Å². The maximum absolute atomic E-state index is 11.7. The van der Waals surface area contributed by atoms with Crippen LogP contribution in [0.4, 0.5) is 0 Å². The number of amides is 1. The fraction of sp³-hybridized carbons (Fsp3) is 0.900. The van der Waals surface area contributed by atoms with Crippen molar-refractivity contribution in [3.63, 3.8) is 0 Å².